The molecule has 0 aliphatic carbocycles. The van der Waals surface area contributed by atoms with E-state index in [0.29, 0.717) is 0 Å². The van der Waals surface area contributed by atoms with Gasteiger partial charge in [0.15, 0.2) is 0 Å². The van der Waals surface area contributed by atoms with Crippen LogP contribution in [0.3, 0.4) is 0 Å². The van der Waals surface area contributed by atoms with Gasteiger partial charge in [0.1, 0.15) is 17.5 Å². The number of fused-ring (bicyclic) bond motifs is 6. The first-order valence-corrected chi connectivity index (χ1v) is 16.9. The van der Waals surface area contributed by atoms with Gasteiger partial charge in [-0.1, -0.05) is 91.0 Å². The molecule has 0 saturated heterocycles. The second kappa shape index (κ2) is 14.3. The number of rotatable bonds is 3. The first-order chi connectivity index (χ1) is 24.9. The molecule has 2 aromatic heterocycles. The third-order valence-electron chi connectivity index (χ3n) is 9.18. The quantitative estimate of drug-likeness (QED) is 0.175. The van der Waals surface area contributed by atoms with Gasteiger partial charge in [0, 0.05) is 34.3 Å². The molecule has 9 rings (SSSR count). The number of benzene rings is 6. The molecule has 0 radical (unpaired) electrons. The largest absolute Gasteiger partial charge is 0.336 e. The van der Waals surface area contributed by atoms with Gasteiger partial charge >= 0.3 is 0 Å². The van der Waals surface area contributed by atoms with Crippen LogP contribution in [0.4, 0.5) is 20.2 Å². The van der Waals surface area contributed by atoms with Crippen molar-refractivity contribution in [1.82, 2.24) is 9.55 Å². The van der Waals surface area contributed by atoms with E-state index in [1.165, 1.54) is 62.6 Å². The Morgan fingerprint density at radius 2 is 1.25 bits per heavy atom. The van der Waals surface area contributed by atoms with Crippen LogP contribution in [-0.4, -0.2) is 9.55 Å². The Hall–Kier alpha value is -6.33. The number of para-hydroxylation sites is 2. The Labute approximate surface area is 297 Å². The van der Waals surface area contributed by atoms with Crippen LogP contribution >= 0.6 is 0 Å². The van der Waals surface area contributed by atoms with Gasteiger partial charge in [-0.05, 0) is 102 Å². The molecule has 0 saturated carbocycles. The number of halogens is 2. The van der Waals surface area contributed by atoms with Crippen LogP contribution in [0.15, 0.2) is 165 Å². The topological polar surface area (TPSA) is 21.1 Å². The first-order valence-electron chi connectivity index (χ1n) is 16.9. The molecule has 51 heavy (non-hydrogen) atoms. The molecule has 0 spiro atoms. The first kappa shape index (κ1) is 33.2. The zero-order chi connectivity index (χ0) is 35.5. The van der Waals surface area contributed by atoms with Gasteiger partial charge in [0.25, 0.3) is 0 Å². The van der Waals surface area contributed by atoms with Gasteiger partial charge in [0.2, 0.25) is 0 Å². The lowest BCUT2D eigenvalue weighted by Crippen LogP contribution is -2.22. The number of aryl methyl sites for hydroxylation is 2. The second-order valence-electron chi connectivity index (χ2n) is 12.4. The molecule has 5 heteroatoms. The summed E-state index contributed by atoms with van der Waals surface area (Å²) in [5.74, 6) is 0.395. The van der Waals surface area contributed by atoms with Crippen molar-refractivity contribution in [3.05, 3.63) is 193 Å². The van der Waals surface area contributed by atoms with Crippen LogP contribution in [0.1, 0.15) is 16.8 Å². The molecule has 1 aliphatic heterocycles. The summed E-state index contributed by atoms with van der Waals surface area (Å²) in [6.07, 6.45) is 0. The van der Waals surface area contributed by atoms with Crippen LogP contribution in [-0.2, 0) is 6.54 Å². The second-order valence-corrected chi connectivity index (χ2v) is 12.4. The highest BCUT2D eigenvalue weighted by molar-refractivity contribution is 6.13. The lowest BCUT2D eigenvalue weighted by atomic mass is 9.91. The van der Waals surface area contributed by atoms with Crippen LogP contribution in [0.2, 0.25) is 0 Å². The van der Waals surface area contributed by atoms with E-state index in [2.05, 4.69) is 121 Å². The van der Waals surface area contributed by atoms with Crippen molar-refractivity contribution in [2.45, 2.75) is 20.4 Å². The summed E-state index contributed by atoms with van der Waals surface area (Å²) in [4.78, 5) is 7.46. The average Bonchev–Trinajstić information content (AvgIpc) is 3.48. The monoisotopic (exact) mass is 669 g/mol. The van der Waals surface area contributed by atoms with E-state index in [1.54, 1.807) is 30.3 Å². The normalized spacial score (nSPS) is 11.6. The highest BCUT2D eigenvalue weighted by Gasteiger charge is 2.26. The summed E-state index contributed by atoms with van der Waals surface area (Å²) in [5.41, 5.74) is 12.3. The third-order valence-corrected chi connectivity index (χ3v) is 9.18. The van der Waals surface area contributed by atoms with E-state index < -0.39 is 0 Å². The smallest absolute Gasteiger partial charge is 0.138 e. The lowest BCUT2D eigenvalue weighted by Gasteiger charge is -2.34. The van der Waals surface area contributed by atoms with Crippen molar-refractivity contribution >= 4 is 33.2 Å². The fraction of sp³-hybridized carbons (Fsp3) is 0.0652. The molecule has 250 valence electrons. The van der Waals surface area contributed by atoms with E-state index in [9.17, 15) is 8.78 Å². The fourth-order valence-electron chi connectivity index (χ4n) is 6.96. The third kappa shape index (κ3) is 6.42. The summed E-state index contributed by atoms with van der Waals surface area (Å²) in [6, 6.07) is 49.3. The number of aromatic nitrogens is 2. The minimum atomic E-state index is -0.246. The summed E-state index contributed by atoms with van der Waals surface area (Å²) < 4.78 is 28.3. The van der Waals surface area contributed by atoms with Crippen LogP contribution < -0.4 is 4.90 Å². The van der Waals surface area contributed by atoms with Crippen molar-refractivity contribution in [2.75, 3.05) is 4.90 Å². The predicted molar refractivity (Wildman–Crippen MR) is 209 cm³/mol. The molecule has 1 aliphatic rings. The molecule has 0 N–H and O–H groups in total. The molecule has 0 amide bonds. The van der Waals surface area contributed by atoms with Crippen LogP contribution in [0.5, 0.6) is 0 Å². The van der Waals surface area contributed by atoms with Crippen molar-refractivity contribution in [3.8, 4) is 28.1 Å². The van der Waals surface area contributed by atoms with Crippen molar-refractivity contribution in [2.24, 2.45) is 0 Å². The Morgan fingerprint density at radius 3 is 2.02 bits per heavy atom. The molecule has 3 heterocycles. The number of hydrogen-bond donors (Lipinski definition) is 0. The average molecular weight is 670 g/mol. The molecule has 3 nitrogen and oxygen atoms in total. The Kier molecular flexibility index (Phi) is 9.28. The van der Waals surface area contributed by atoms with Gasteiger partial charge < -0.3 is 4.90 Å². The summed E-state index contributed by atoms with van der Waals surface area (Å²) >= 11 is 0. The zero-order valence-corrected chi connectivity index (χ0v) is 28.7. The van der Waals surface area contributed by atoms with Gasteiger partial charge in [-0.25, -0.2) is 13.8 Å². The highest BCUT2D eigenvalue weighted by Crippen LogP contribution is 2.47. The predicted octanol–water partition coefficient (Wildman–Crippen LogP) is 12.5. The SMILES string of the molecule is C=C.Cc1cc(-c2cccc(F)c2)cc(-n2c3ccccc3c3cc4c(cc32)-c2ccccc2CN4c2ccccc2C)n1.Fc1ccccc1. The van der Waals surface area contributed by atoms with E-state index in [0.717, 1.165) is 40.2 Å². The molecule has 0 unspecified atom stereocenters. The van der Waals surface area contributed by atoms with Gasteiger partial charge in [-0.3, -0.25) is 4.57 Å². The number of hydrogen-bond acceptors (Lipinski definition) is 2. The number of anilines is 2. The fourth-order valence-corrected chi connectivity index (χ4v) is 6.96. The van der Waals surface area contributed by atoms with E-state index >= 15 is 0 Å². The van der Waals surface area contributed by atoms with Crippen molar-refractivity contribution in [1.29, 1.82) is 0 Å². The zero-order valence-electron chi connectivity index (χ0n) is 28.7. The maximum atomic E-state index is 14.2. The van der Waals surface area contributed by atoms with E-state index in [4.69, 9.17) is 4.98 Å². The Bertz CT molecular complexity index is 2500. The maximum absolute atomic E-state index is 14.2. The van der Waals surface area contributed by atoms with Gasteiger partial charge in [0.05, 0.1) is 16.7 Å². The maximum Gasteiger partial charge on any atom is 0.138 e. The van der Waals surface area contributed by atoms with Gasteiger partial charge in [-0.15, -0.1) is 13.2 Å². The Balaban J connectivity index is 0.000000401. The molecule has 0 atom stereocenters. The minimum absolute atomic E-state index is 0.178. The Morgan fingerprint density at radius 1 is 0.549 bits per heavy atom. The molecular weight excluding hydrogens is 633 g/mol. The lowest BCUT2D eigenvalue weighted by molar-refractivity contribution is 0.627. The molecule has 0 fully saturated rings. The van der Waals surface area contributed by atoms with E-state index in [1.807, 2.05) is 19.1 Å². The van der Waals surface area contributed by atoms with E-state index in [-0.39, 0.29) is 11.6 Å². The summed E-state index contributed by atoms with van der Waals surface area (Å²) in [5, 5.41) is 2.35. The summed E-state index contributed by atoms with van der Waals surface area (Å²) in [7, 11) is 0. The molecule has 8 aromatic rings. The molecular formula is C46H37F2N3. The van der Waals surface area contributed by atoms with Crippen molar-refractivity contribution < 1.29 is 8.78 Å². The van der Waals surface area contributed by atoms with Gasteiger partial charge in [-0.2, -0.15) is 0 Å². The number of nitrogens with zero attached hydrogens (tertiary/aromatic N) is 3. The highest BCUT2D eigenvalue weighted by atomic mass is 19.1. The van der Waals surface area contributed by atoms with Crippen LogP contribution in [0.25, 0.3) is 49.9 Å². The van der Waals surface area contributed by atoms with Crippen LogP contribution in [0, 0.1) is 25.5 Å². The summed E-state index contributed by atoms with van der Waals surface area (Å²) in [6.45, 7) is 11.0. The van der Waals surface area contributed by atoms with Crippen molar-refractivity contribution in [3.63, 3.8) is 0 Å². The number of pyridine rings is 1. The molecule has 0 bridgehead atoms. The standard InChI is InChI=1S/C38H28FN3.C6H5F.C2H4/c1-24-10-3-7-16-34(24)41-23-27-11-4-5-14-30(27)32-22-37-33(21-36(32)41)31-15-6-8-17-35(31)42(37)38-20-28(18-25(2)40-38)26-12-9-13-29(39)19-26;7-6-4-2-1-3-5-6;1-2/h3-22H,23H2,1-2H3;1-5H;1-2H2. The molecule has 6 aromatic carbocycles. The minimum Gasteiger partial charge on any atom is -0.336 e.